The molecule has 0 saturated heterocycles. The first-order valence-electron chi connectivity index (χ1n) is 5.23. The van der Waals surface area contributed by atoms with E-state index in [1.165, 1.54) is 4.90 Å². The van der Waals surface area contributed by atoms with Crippen molar-refractivity contribution in [3.8, 4) is 0 Å². The Morgan fingerprint density at radius 2 is 2.07 bits per heavy atom. The van der Waals surface area contributed by atoms with E-state index in [0.29, 0.717) is 17.7 Å². The molecule has 3 heteroatoms. The number of benzene rings is 1. The summed E-state index contributed by atoms with van der Waals surface area (Å²) in [5, 5.41) is 10.3. The summed E-state index contributed by atoms with van der Waals surface area (Å²) < 4.78 is 0. The smallest absolute Gasteiger partial charge is 0.256 e. The van der Waals surface area contributed by atoms with Gasteiger partial charge in [0.05, 0.1) is 0 Å². The van der Waals surface area contributed by atoms with Crippen LogP contribution in [0.25, 0.3) is 0 Å². The molecule has 0 unspecified atom stereocenters. The minimum atomic E-state index is -1.15. The van der Waals surface area contributed by atoms with Gasteiger partial charge in [0.15, 0.2) is 5.72 Å². The van der Waals surface area contributed by atoms with Crippen molar-refractivity contribution in [1.82, 2.24) is 4.90 Å². The monoisotopic (exact) mass is 205 g/mol. The molecule has 1 aromatic carbocycles. The van der Waals surface area contributed by atoms with Gasteiger partial charge in [0.1, 0.15) is 0 Å². The predicted molar refractivity (Wildman–Crippen MR) is 57.3 cm³/mol. The molecule has 1 aromatic rings. The van der Waals surface area contributed by atoms with Gasteiger partial charge in [0.2, 0.25) is 0 Å². The Morgan fingerprint density at radius 3 is 2.67 bits per heavy atom. The zero-order chi connectivity index (χ0) is 11.1. The number of amides is 1. The molecule has 1 heterocycles. The Hall–Kier alpha value is -1.35. The largest absolute Gasteiger partial charge is 0.367 e. The van der Waals surface area contributed by atoms with Crippen LogP contribution >= 0.6 is 0 Å². The zero-order valence-electron chi connectivity index (χ0n) is 9.03. The van der Waals surface area contributed by atoms with E-state index in [4.69, 9.17) is 0 Å². The van der Waals surface area contributed by atoms with Crippen LogP contribution in [0.15, 0.2) is 24.3 Å². The topological polar surface area (TPSA) is 40.5 Å². The summed E-state index contributed by atoms with van der Waals surface area (Å²) >= 11 is 0. The molecule has 0 fully saturated rings. The third-order valence-electron chi connectivity index (χ3n) is 2.89. The first kappa shape index (κ1) is 10.2. The lowest BCUT2D eigenvalue weighted by Crippen LogP contribution is -2.41. The average Bonchev–Trinajstić information content (AvgIpc) is 2.41. The minimum absolute atomic E-state index is 0.0718. The first-order valence-corrected chi connectivity index (χ1v) is 5.23. The summed E-state index contributed by atoms with van der Waals surface area (Å²) in [6.07, 6.45) is 0.843. The molecule has 0 aliphatic carbocycles. The van der Waals surface area contributed by atoms with E-state index < -0.39 is 5.72 Å². The first-order chi connectivity index (χ1) is 7.09. The molecule has 2 rings (SSSR count). The van der Waals surface area contributed by atoms with E-state index in [9.17, 15) is 9.90 Å². The Kier molecular flexibility index (Phi) is 2.27. The number of aliphatic hydroxyl groups is 1. The summed E-state index contributed by atoms with van der Waals surface area (Å²) in [7, 11) is 0. The SMILES string of the molecule is CCCN1C(=O)c2ccccc2[C@@]1(C)O. The molecule has 0 saturated carbocycles. The Morgan fingerprint density at radius 1 is 1.40 bits per heavy atom. The number of carbonyl (C=O) groups is 1. The van der Waals surface area contributed by atoms with Gasteiger partial charge in [0.25, 0.3) is 5.91 Å². The quantitative estimate of drug-likeness (QED) is 0.798. The lowest BCUT2D eigenvalue weighted by atomic mass is 10.0. The summed E-state index contributed by atoms with van der Waals surface area (Å²) in [5.74, 6) is -0.0718. The van der Waals surface area contributed by atoms with Crippen LogP contribution in [0.2, 0.25) is 0 Å². The van der Waals surface area contributed by atoms with Gasteiger partial charge in [-0.3, -0.25) is 4.79 Å². The molecule has 0 radical (unpaired) electrons. The van der Waals surface area contributed by atoms with Gasteiger partial charge >= 0.3 is 0 Å². The second kappa shape index (κ2) is 3.35. The Labute approximate surface area is 89.3 Å². The van der Waals surface area contributed by atoms with E-state index in [2.05, 4.69) is 0 Å². The van der Waals surface area contributed by atoms with Gasteiger partial charge in [-0.1, -0.05) is 25.1 Å². The van der Waals surface area contributed by atoms with Gasteiger partial charge in [-0.2, -0.15) is 0 Å². The van der Waals surface area contributed by atoms with Crippen molar-refractivity contribution in [1.29, 1.82) is 0 Å². The number of hydrogen-bond donors (Lipinski definition) is 1. The van der Waals surface area contributed by atoms with Crippen LogP contribution in [0.4, 0.5) is 0 Å². The summed E-state index contributed by atoms with van der Waals surface area (Å²) in [5.41, 5.74) is 0.184. The zero-order valence-corrected chi connectivity index (χ0v) is 9.03. The van der Waals surface area contributed by atoms with Crippen molar-refractivity contribution in [3.05, 3.63) is 35.4 Å². The third-order valence-corrected chi connectivity index (χ3v) is 2.89. The maximum atomic E-state index is 12.0. The van der Waals surface area contributed by atoms with Gasteiger partial charge in [-0.05, 0) is 19.4 Å². The molecule has 1 atom stereocenters. The van der Waals surface area contributed by atoms with E-state index >= 15 is 0 Å². The number of nitrogens with zero attached hydrogens (tertiary/aromatic N) is 1. The fraction of sp³-hybridized carbons (Fsp3) is 0.417. The van der Waals surface area contributed by atoms with Crippen molar-refractivity contribution in [2.75, 3.05) is 6.54 Å². The summed E-state index contributed by atoms with van der Waals surface area (Å²) in [6, 6.07) is 7.24. The average molecular weight is 205 g/mol. The highest BCUT2D eigenvalue weighted by atomic mass is 16.3. The van der Waals surface area contributed by atoms with Crippen molar-refractivity contribution in [3.63, 3.8) is 0 Å². The number of hydrogen-bond acceptors (Lipinski definition) is 2. The third kappa shape index (κ3) is 1.35. The molecule has 80 valence electrons. The summed E-state index contributed by atoms with van der Waals surface area (Å²) in [6.45, 7) is 4.25. The lowest BCUT2D eigenvalue weighted by Gasteiger charge is -2.30. The van der Waals surface area contributed by atoms with Crippen LogP contribution < -0.4 is 0 Å². The summed E-state index contributed by atoms with van der Waals surface area (Å²) in [4.78, 5) is 13.5. The van der Waals surface area contributed by atoms with Crippen molar-refractivity contribution in [2.24, 2.45) is 0 Å². The van der Waals surface area contributed by atoms with E-state index in [1.807, 2.05) is 25.1 Å². The fourth-order valence-corrected chi connectivity index (χ4v) is 2.11. The number of fused-ring (bicyclic) bond motifs is 1. The van der Waals surface area contributed by atoms with Crippen LogP contribution in [-0.2, 0) is 5.72 Å². The van der Waals surface area contributed by atoms with Gasteiger partial charge in [-0.15, -0.1) is 0 Å². The molecule has 0 spiro atoms. The Balaban J connectivity index is 2.50. The van der Waals surface area contributed by atoms with Crippen molar-refractivity contribution in [2.45, 2.75) is 26.0 Å². The van der Waals surface area contributed by atoms with E-state index in [1.54, 1.807) is 13.0 Å². The van der Waals surface area contributed by atoms with Gasteiger partial charge in [-0.25, -0.2) is 0 Å². The Bertz CT molecular complexity index is 398. The molecule has 1 aliphatic heterocycles. The predicted octanol–water partition coefficient (Wildman–Crippen LogP) is 1.72. The second-order valence-corrected chi connectivity index (χ2v) is 4.02. The highest BCUT2D eigenvalue weighted by molar-refractivity contribution is 5.99. The molecule has 1 amide bonds. The molecule has 0 bridgehead atoms. The molecule has 15 heavy (non-hydrogen) atoms. The highest BCUT2D eigenvalue weighted by Crippen LogP contribution is 2.36. The molecule has 3 nitrogen and oxygen atoms in total. The highest BCUT2D eigenvalue weighted by Gasteiger charge is 2.43. The van der Waals surface area contributed by atoms with Crippen LogP contribution in [0.3, 0.4) is 0 Å². The maximum Gasteiger partial charge on any atom is 0.256 e. The fourth-order valence-electron chi connectivity index (χ4n) is 2.11. The van der Waals surface area contributed by atoms with Crippen LogP contribution in [0.5, 0.6) is 0 Å². The van der Waals surface area contributed by atoms with Gasteiger partial charge < -0.3 is 10.0 Å². The van der Waals surface area contributed by atoms with Crippen molar-refractivity contribution < 1.29 is 9.90 Å². The van der Waals surface area contributed by atoms with E-state index in [-0.39, 0.29) is 5.91 Å². The second-order valence-electron chi connectivity index (χ2n) is 4.02. The lowest BCUT2D eigenvalue weighted by molar-refractivity contribution is -0.0683. The molecule has 1 N–H and O–H groups in total. The minimum Gasteiger partial charge on any atom is -0.367 e. The van der Waals surface area contributed by atoms with Crippen LogP contribution in [-0.4, -0.2) is 22.5 Å². The molecule has 1 aliphatic rings. The van der Waals surface area contributed by atoms with E-state index in [0.717, 1.165) is 6.42 Å². The standard InChI is InChI=1S/C12H15NO2/c1-3-8-13-11(14)9-6-4-5-7-10(9)12(13,2)15/h4-7,15H,3,8H2,1-2H3/t12-/m1/s1. The molecular weight excluding hydrogens is 190 g/mol. The number of carbonyl (C=O) groups excluding carboxylic acids is 1. The molecular formula is C12H15NO2. The van der Waals surface area contributed by atoms with Crippen molar-refractivity contribution >= 4 is 5.91 Å². The maximum absolute atomic E-state index is 12.0. The normalized spacial score (nSPS) is 24.5. The van der Waals surface area contributed by atoms with Crippen LogP contribution in [0, 0.1) is 0 Å². The number of rotatable bonds is 2. The molecule has 0 aromatic heterocycles. The van der Waals surface area contributed by atoms with Crippen LogP contribution in [0.1, 0.15) is 36.2 Å². The van der Waals surface area contributed by atoms with Gasteiger partial charge in [0, 0.05) is 17.7 Å².